The Bertz CT molecular complexity index is 430. The number of nitrogens with zero attached hydrogens (tertiary/aromatic N) is 1. The standard InChI is InChI=1S/C16H24F2N2/c1-3-10-20(13-6-5-9-19-11-13)12(2)14-7-4-8-15(17)16(14)18/h4,7-8,12-13,19H,3,5-6,9-11H2,1-2H3. The maximum atomic E-state index is 14.0. The van der Waals surface area contributed by atoms with Gasteiger partial charge < -0.3 is 5.32 Å². The molecule has 0 aliphatic carbocycles. The number of hydrogen-bond donors (Lipinski definition) is 1. The zero-order valence-corrected chi connectivity index (χ0v) is 12.3. The molecule has 1 aliphatic rings. The fourth-order valence-electron chi connectivity index (χ4n) is 3.09. The summed E-state index contributed by atoms with van der Waals surface area (Å²) >= 11 is 0. The molecule has 1 aliphatic heterocycles. The lowest BCUT2D eigenvalue weighted by atomic mass is 9.99. The first kappa shape index (κ1) is 15.4. The number of halogens is 2. The van der Waals surface area contributed by atoms with E-state index in [-0.39, 0.29) is 6.04 Å². The highest BCUT2D eigenvalue weighted by atomic mass is 19.2. The highest BCUT2D eigenvalue weighted by Crippen LogP contribution is 2.28. The van der Waals surface area contributed by atoms with Crippen molar-refractivity contribution in [3.8, 4) is 0 Å². The fraction of sp³-hybridized carbons (Fsp3) is 0.625. The molecular formula is C16H24F2N2. The van der Waals surface area contributed by atoms with Gasteiger partial charge in [-0.1, -0.05) is 19.1 Å². The van der Waals surface area contributed by atoms with E-state index in [0.717, 1.165) is 38.9 Å². The summed E-state index contributed by atoms with van der Waals surface area (Å²) in [5.41, 5.74) is 0.462. The quantitative estimate of drug-likeness (QED) is 0.889. The van der Waals surface area contributed by atoms with Crippen molar-refractivity contribution in [1.82, 2.24) is 10.2 Å². The minimum atomic E-state index is -0.757. The smallest absolute Gasteiger partial charge is 0.163 e. The summed E-state index contributed by atoms with van der Waals surface area (Å²) in [6.45, 7) is 6.99. The zero-order valence-electron chi connectivity index (χ0n) is 12.3. The van der Waals surface area contributed by atoms with Crippen LogP contribution in [0.2, 0.25) is 0 Å². The van der Waals surface area contributed by atoms with Gasteiger partial charge in [-0.05, 0) is 45.3 Å². The van der Waals surface area contributed by atoms with E-state index in [0.29, 0.717) is 11.6 Å². The topological polar surface area (TPSA) is 15.3 Å². The maximum absolute atomic E-state index is 14.0. The van der Waals surface area contributed by atoms with Crippen LogP contribution in [0.25, 0.3) is 0 Å². The summed E-state index contributed by atoms with van der Waals surface area (Å²) in [6, 6.07) is 4.77. The molecule has 4 heteroatoms. The van der Waals surface area contributed by atoms with E-state index >= 15 is 0 Å². The predicted molar refractivity (Wildman–Crippen MR) is 77.7 cm³/mol. The first-order chi connectivity index (χ1) is 9.65. The Balaban J connectivity index is 2.21. The highest BCUT2D eigenvalue weighted by molar-refractivity contribution is 5.22. The van der Waals surface area contributed by atoms with Crippen LogP contribution in [0.3, 0.4) is 0 Å². The van der Waals surface area contributed by atoms with Crippen LogP contribution in [0.5, 0.6) is 0 Å². The van der Waals surface area contributed by atoms with Crippen molar-refractivity contribution in [2.45, 2.75) is 45.2 Å². The monoisotopic (exact) mass is 282 g/mol. The molecule has 0 saturated carbocycles. The van der Waals surface area contributed by atoms with Crippen LogP contribution in [-0.2, 0) is 0 Å². The molecule has 1 aromatic rings. The SMILES string of the molecule is CCCN(C1CCCNC1)C(C)c1cccc(F)c1F. The molecular weight excluding hydrogens is 258 g/mol. The Morgan fingerprint density at radius 1 is 1.40 bits per heavy atom. The average Bonchev–Trinajstić information content (AvgIpc) is 2.48. The fourth-order valence-corrected chi connectivity index (χ4v) is 3.09. The lowest BCUT2D eigenvalue weighted by molar-refractivity contribution is 0.118. The van der Waals surface area contributed by atoms with Crippen molar-refractivity contribution in [3.63, 3.8) is 0 Å². The molecule has 1 aromatic carbocycles. The van der Waals surface area contributed by atoms with E-state index in [9.17, 15) is 8.78 Å². The van der Waals surface area contributed by atoms with Gasteiger partial charge in [-0.15, -0.1) is 0 Å². The summed E-state index contributed by atoms with van der Waals surface area (Å²) in [4.78, 5) is 2.31. The molecule has 1 heterocycles. The molecule has 2 rings (SSSR count). The van der Waals surface area contributed by atoms with E-state index in [1.165, 1.54) is 6.07 Å². The van der Waals surface area contributed by atoms with Gasteiger partial charge in [-0.25, -0.2) is 8.78 Å². The summed E-state index contributed by atoms with van der Waals surface area (Å²) in [5.74, 6) is -1.46. The van der Waals surface area contributed by atoms with Gasteiger partial charge in [0.15, 0.2) is 11.6 Å². The van der Waals surface area contributed by atoms with Crippen LogP contribution in [0.15, 0.2) is 18.2 Å². The normalized spacial score (nSPS) is 21.1. The Morgan fingerprint density at radius 2 is 2.20 bits per heavy atom. The third kappa shape index (κ3) is 3.36. The lowest BCUT2D eigenvalue weighted by Crippen LogP contribution is -2.47. The third-order valence-electron chi connectivity index (χ3n) is 4.15. The minimum absolute atomic E-state index is 0.101. The Kier molecular flexibility index (Phi) is 5.49. The molecule has 0 bridgehead atoms. The van der Waals surface area contributed by atoms with Crippen LogP contribution in [0, 0.1) is 11.6 Å². The molecule has 0 aromatic heterocycles. The van der Waals surface area contributed by atoms with Crippen molar-refractivity contribution in [2.24, 2.45) is 0 Å². The van der Waals surface area contributed by atoms with E-state index in [4.69, 9.17) is 0 Å². The Hall–Kier alpha value is -1.00. The summed E-state index contributed by atoms with van der Waals surface area (Å²) in [6.07, 6.45) is 3.27. The second-order valence-electron chi connectivity index (χ2n) is 5.56. The van der Waals surface area contributed by atoms with Crippen LogP contribution >= 0.6 is 0 Å². The van der Waals surface area contributed by atoms with Crippen LogP contribution in [-0.4, -0.2) is 30.6 Å². The Morgan fingerprint density at radius 3 is 2.85 bits per heavy atom. The van der Waals surface area contributed by atoms with E-state index < -0.39 is 11.6 Å². The lowest BCUT2D eigenvalue weighted by Gasteiger charge is -2.39. The third-order valence-corrected chi connectivity index (χ3v) is 4.15. The van der Waals surface area contributed by atoms with Crippen LogP contribution in [0.4, 0.5) is 8.78 Å². The first-order valence-corrected chi connectivity index (χ1v) is 7.55. The first-order valence-electron chi connectivity index (χ1n) is 7.55. The second kappa shape index (κ2) is 7.14. The van der Waals surface area contributed by atoms with Crippen molar-refractivity contribution < 1.29 is 8.78 Å². The van der Waals surface area contributed by atoms with E-state index in [1.54, 1.807) is 12.1 Å². The number of piperidine rings is 1. The van der Waals surface area contributed by atoms with Crippen LogP contribution < -0.4 is 5.32 Å². The van der Waals surface area contributed by atoms with Gasteiger partial charge in [0.25, 0.3) is 0 Å². The molecule has 1 N–H and O–H groups in total. The maximum Gasteiger partial charge on any atom is 0.163 e. The molecule has 2 nitrogen and oxygen atoms in total. The van der Waals surface area contributed by atoms with Gasteiger partial charge in [-0.3, -0.25) is 4.90 Å². The summed E-state index contributed by atoms with van der Waals surface area (Å²) in [5, 5.41) is 3.40. The van der Waals surface area contributed by atoms with Gasteiger partial charge in [0.1, 0.15) is 0 Å². The molecule has 0 amide bonds. The van der Waals surface area contributed by atoms with Gasteiger partial charge in [0.2, 0.25) is 0 Å². The number of hydrogen-bond acceptors (Lipinski definition) is 2. The Labute approximate surface area is 120 Å². The average molecular weight is 282 g/mol. The minimum Gasteiger partial charge on any atom is -0.315 e. The van der Waals surface area contributed by atoms with Gasteiger partial charge in [-0.2, -0.15) is 0 Å². The van der Waals surface area contributed by atoms with Gasteiger partial charge in [0.05, 0.1) is 0 Å². The summed E-state index contributed by atoms with van der Waals surface area (Å²) in [7, 11) is 0. The molecule has 0 spiro atoms. The van der Waals surface area contributed by atoms with Crippen molar-refractivity contribution >= 4 is 0 Å². The molecule has 112 valence electrons. The number of rotatable bonds is 5. The molecule has 2 unspecified atom stereocenters. The van der Waals surface area contributed by atoms with Crippen molar-refractivity contribution in [3.05, 3.63) is 35.4 Å². The molecule has 20 heavy (non-hydrogen) atoms. The predicted octanol–water partition coefficient (Wildman–Crippen LogP) is 3.49. The van der Waals surface area contributed by atoms with E-state index in [2.05, 4.69) is 17.1 Å². The zero-order chi connectivity index (χ0) is 14.5. The molecule has 1 fully saturated rings. The summed E-state index contributed by atoms with van der Waals surface area (Å²) < 4.78 is 27.4. The number of benzene rings is 1. The van der Waals surface area contributed by atoms with E-state index in [1.807, 2.05) is 6.92 Å². The highest BCUT2D eigenvalue weighted by Gasteiger charge is 2.27. The second-order valence-corrected chi connectivity index (χ2v) is 5.56. The van der Waals surface area contributed by atoms with Crippen molar-refractivity contribution in [2.75, 3.05) is 19.6 Å². The largest absolute Gasteiger partial charge is 0.315 e. The number of nitrogens with one attached hydrogen (secondary N) is 1. The van der Waals surface area contributed by atoms with Crippen molar-refractivity contribution in [1.29, 1.82) is 0 Å². The van der Waals surface area contributed by atoms with Gasteiger partial charge >= 0.3 is 0 Å². The van der Waals surface area contributed by atoms with Crippen LogP contribution in [0.1, 0.15) is 44.7 Å². The molecule has 0 radical (unpaired) electrons. The molecule has 2 atom stereocenters. The molecule has 1 saturated heterocycles. The van der Waals surface area contributed by atoms with Gasteiger partial charge in [0, 0.05) is 24.2 Å².